The number of nitrogen functional groups attached to an aromatic ring is 1. The highest BCUT2D eigenvalue weighted by molar-refractivity contribution is 14.1. The molecular weight excluding hydrogens is 327 g/mol. The number of pyridine rings is 1. The lowest BCUT2D eigenvalue weighted by Crippen LogP contribution is -2.01. The van der Waals surface area contributed by atoms with Crippen molar-refractivity contribution in [1.29, 1.82) is 0 Å². The van der Waals surface area contributed by atoms with Crippen LogP contribution in [0.5, 0.6) is 0 Å². The van der Waals surface area contributed by atoms with E-state index in [2.05, 4.69) is 32.6 Å². The number of anilines is 1. The summed E-state index contributed by atoms with van der Waals surface area (Å²) < 4.78 is 3.01. The quantitative estimate of drug-likeness (QED) is 0.695. The molecule has 3 aromatic rings. The molecular formula is C12H9IN4. The lowest BCUT2D eigenvalue weighted by molar-refractivity contribution is 1.08. The molecule has 2 aromatic heterocycles. The van der Waals surface area contributed by atoms with Crippen LogP contribution in [0, 0.1) is 3.57 Å². The number of benzene rings is 1. The van der Waals surface area contributed by atoms with E-state index < -0.39 is 0 Å². The fourth-order valence-corrected chi connectivity index (χ4v) is 2.33. The van der Waals surface area contributed by atoms with Gasteiger partial charge in [0.25, 0.3) is 0 Å². The first kappa shape index (κ1) is 10.5. The van der Waals surface area contributed by atoms with Gasteiger partial charge in [-0.1, -0.05) is 6.07 Å². The summed E-state index contributed by atoms with van der Waals surface area (Å²) >= 11 is 2.27. The van der Waals surface area contributed by atoms with E-state index in [-0.39, 0.29) is 0 Å². The summed E-state index contributed by atoms with van der Waals surface area (Å²) in [7, 11) is 0. The van der Waals surface area contributed by atoms with Gasteiger partial charge >= 0.3 is 0 Å². The van der Waals surface area contributed by atoms with Crippen molar-refractivity contribution in [2.24, 2.45) is 0 Å². The first-order valence-electron chi connectivity index (χ1n) is 5.10. The predicted octanol–water partition coefficient (Wildman–Crippen LogP) is 2.61. The second kappa shape index (κ2) is 3.99. The summed E-state index contributed by atoms with van der Waals surface area (Å²) in [4.78, 5) is 8.62. The van der Waals surface area contributed by atoms with Crippen LogP contribution >= 0.6 is 22.6 Å². The summed E-state index contributed by atoms with van der Waals surface area (Å²) in [6.45, 7) is 0. The number of nitrogens with two attached hydrogens (primary N) is 1. The van der Waals surface area contributed by atoms with Gasteiger partial charge in [-0.15, -0.1) is 0 Å². The van der Waals surface area contributed by atoms with Gasteiger partial charge < -0.3 is 5.73 Å². The largest absolute Gasteiger partial charge is 0.369 e. The second-order valence-electron chi connectivity index (χ2n) is 3.63. The molecule has 0 spiro atoms. The minimum Gasteiger partial charge on any atom is -0.369 e. The minimum atomic E-state index is 0.459. The van der Waals surface area contributed by atoms with Gasteiger partial charge in [0, 0.05) is 9.77 Å². The van der Waals surface area contributed by atoms with Crippen LogP contribution in [0.4, 0.5) is 5.95 Å². The third-order valence-electron chi connectivity index (χ3n) is 2.51. The predicted molar refractivity (Wildman–Crippen MR) is 76.0 cm³/mol. The molecule has 0 fully saturated rings. The van der Waals surface area contributed by atoms with Crippen LogP contribution in [0.1, 0.15) is 0 Å². The molecule has 0 aliphatic heterocycles. The van der Waals surface area contributed by atoms with Gasteiger partial charge in [0.05, 0.1) is 5.69 Å². The van der Waals surface area contributed by atoms with Crippen molar-refractivity contribution in [2.45, 2.75) is 0 Å². The Morgan fingerprint density at radius 3 is 2.88 bits per heavy atom. The third-order valence-corrected chi connectivity index (χ3v) is 3.18. The van der Waals surface area contributed by atoms with Crippen molar-refractivity contribution in [3.8, 4) is 5.69 Å². The maximum Gasteiger partial charge on any atom is 0.207 e. The molecule has 0 aliphatic carbocycles. The first-order chi connectivity index (χ1) is 8.25. The van der Waals surface area contributed by atoms with E-state index in [9.17, 15) is 0 Å². The van der Waals surface area contributed by atoms with Gasteiger partial charge in [-0.3, -0.25) is 4.57 Å². The number of hydrogen-bond acceptors (Lipinski definition) is 3. The van der Waals surface area contributed by atoms with Crippen LogP contribution in [0.25, 0.3) is 16.9 Å². The molecule has 17 heavy (non-hydrogen) atoms. The molecule has 84 valence electrons. The van der Waals surface area contributed by atoms with Gasteiger partial charge in [0.2, 0.25) is 5.95 Å². The fraction of sp³-hybridized carbons (Fsp3) is 0. The van der Waals surface area contributed by atoms with Crippen molar-refractivity contribution in [2.75, 3.05) is 5.73 Å². The molecule has 0 aliphatic rings. The molecule has 1 aromatic carbocycles. The summed E-state index contributed by atoms with van der Waals surface area (Å²) in [5.74, 6) is 0.459. The van der Waals surface area contributed by atoms with Crippen LogP contribution in [0.15, 0.2) is 42.6 Å². The number of rotatable bonds is 1. The van der Waals surface area contributed by atoms with E-state index in [0.29, 0.717) is 5.95 Å². The van der Waals surface area contributed by atoms with Gasteiger partial charge in [0.1, 0.15) is 5.52 Å². The highest BCUT2D eigenvalue weighted by atomic mass is 127. The lowest BCUT2D eigenvalue weighted by atomic mass is 10.3. The number of hydrogen-bond donors (Lipinski definition) is 1. The van der Waals surface area contributed by atoms with E-state index in [1.807, 2.05) is 41.0 Å². The number of fused-ring (bicyclic) bond motifs is 1. The minimum absolute atomic E-state index is 0.459. The average Bonchev–Trinajstić information content (AvgIpc) is 2.64. The number of nitrogens with zero attached hydrogens (tertiary/aromatic N) is 3. The SMILES string of the molecule is Nc1nc2cccnc2n1-c1cccc(I)c1. The molecule has 2 N–H and O–H groups in total. The third kappa shape index (κ3) is 1.76. The number of imidazole rings is 1. The summed E-state index contributed by atoms with van der Waals surface area (Å²) in [5.41, 5.74) is 8.52. The lowest BCUT2D eigenvalue weighted by Gasteiger charge is -2.05. The Morgan fingerprint density at radius 2 is 2.06 bits per heavy atom. The zero-order chi connectivity index (χ0) is 11.8. The fourth-order valence-electron chi connectivity index (χ4n) is 1.80. The van der Waals surface area contributed by atoms with Crippen LogP contribution in [0.2, 0.25) is 0 Å². The maximum atomic E-state index is 5.94. The molecule has 0 saturated carbocycles. The molecule has 0 unspecified atom stereocenters. The smallest absolute Gasteiger partial charge is 0.207 e. The van der Waals surface area contributed by atoms with Gasteiger partial charge in [-0.2, -0.15) is 0 Å². The van der Waals surface area contributed by atoms with Crippen molar-refractivity contribution in [3.05, 3.63) is 46.2 Å². The van der Waals surface area contributed by atoms with Gasteiger partial charge in [-0.05, 0) is 52.9 Å². The van der Waals surface area contributed by atoms with Crippen LogP contribution in [0.3, 0.4) is 0 Å². The monoisotopic (exact) mass is 336 g/mol. The summed E-state index contributed by atoms with van der Waals surface area (Å²) in [6.07, 6.45) is 1.74. The van der Waals surface area contributed by atoms with Crippen molar-refractivity contribution >= 4 is 39.7 Å². The standard InChI is InChI=1S/C12H9IN4/c13-8-3-1-4-9(7-8)17-11-10(16-12(17)14)5-2-6-15-11/h1-7H,(H2,14,16). The molecule has 0 atom stereocenters. The summed E-state index contributed by atoms with van der Waals surface area (Å²) in [6, 6.07) is 11.8. The Bertz CT molecular complexity index is 690. The molecule has 2 heterocycles. The Balaban J connectivity index is 2.33. The van der Waals surface area contributed by atoms with Crippen molar-refractivity contribution < 1.29 is 0 Å². The van der Waals surface area contributed by atoms with E-state index >= 15 is 0 Å². The molecule has 0 bridgehead atoms. The van der Waals surface area contributed by atoms with E-state index in [4.69, 9.17) is 5.73 Å². The van der Waals surface area contributed by atoms with E-state index in [1.165, 1.54) is 0 Å². The maximum absolute atomic E-state index is 5.94. The Kier molecular flexibility index (Phi) is 2.47. The number of aromatic nitrogens is 3. The normalized spacial score (nSPS) is 10.9. The van der Waals surface area contributed by atoms with Crippen molar-refractivity contribution in [3.63, 3.8) is 0 Å². The zero-order valence-corrected chi connectivity index (χ0v) is 11.0. The number of halogens is 1. The van der Waals surface area contributed by atoms with Crippen LogP contribution < -0.4 is 5.73 Å². The molecule has 0 radical (unpaired) electrons. The molecule has 3 rings (SSSR count). The van der Waals surface area contributed by atoms with Crippen LogP contribution in [-0.4, -0.2) is 14.5 Å². The summed E-state index contributed by atoms with van der Waals surface area (Å²) in [5, 5.41) is 0. The first-order valence-corrected chi connectivity index (χ1v) is 6.18. The zero-order valence-electron chi connectivity index (χ0n) is 8.84. The second-order valence-corrected chi connectivity index (χ2v) is 4.88. The van der Waals surface area contributed by atoms with Crippen LogP contribution in [-0.2, 0) is 0 Å². The van der Waals surface area contributed by atoms with Crippen molar-refractivity contribution in [1.82, 2.24) is 14.5 Å². The highest BCUT2D eigenvalue weighted by Crippen LogP contribution is 2.22. The topological polar surface area (TPSA) is 56.7 Å². The Hall–Kier alpha value is -1.63. The average molecular weight is 336 g/mol. The van der Waals surface area contributed by atoms with E-state index in [1.54, 1.807) is 6.20 Å². The molecule has 5 heteroatoms. The molecule has 0 saturated heterocycles. The molecule has 0 amide bonds. The van der Waals surface area contributed by atoms with Gasteiger partial charge in [-0.25, -0.2) is 9.97 Å². The molecule has 4 nitrogen and oxygen atoms in total. The highest BCUT2D eigenvalue weighted by Gasteiger charge is 2.10. The van der Waals surface area contributed by atoms with E-state index in [0.717, 1.165) is 20.4 Å². The Morgan fingerprint density at radius 1 is 1.18 bits per heavy atom. The van der Waals surface area contributed by atoms with Gasteiger partial charge in [0.15, 0.2) is 5.65 Å². The Labute approximate surface area is 112 Å².